The van der Waals surface area contributed by atoms with Crippen LogP contribution >= 0.6 is 11.3 Å². The molecule has 5 nitrogen and oxygen atoms in total. The average Bonchev–Trinajstić information content (AvgIpc) is 3.20. The molecule has 3 aliphatic rings. The zero-order valence-corrected chi connectivity index (χ0v) is 13.8. The van der Waals surface area contributed by atoms with Crippen LogP contribution in [0.3, 0.4) is 0 Å². The molecule has 3 amide bonds. The highest BCUT2D eigenvalue weighted by atomic mass is 32.1. The van der Waals surface area contributed by atoms with Gasteiger partial charge in [-0.1, -0.05) is 12.8 Å². The molecule has 0 aromatic carbocycles. The van der Waals surface area contributed by atoms with Crippen molar-refractivity contribution in [2.75, 3.05) is 0 Å². The molecule has 2 fully saturated rings. The van der Waals surface area contributed by atoms with Gasteiger partial charge in [0.2, 0.25) is 11.8 Å². The predicted molar refractivity (Wildman–Crippen MR) is 86.2 cm³/mol. The Bertz CT molecular complexity index is 675. The molecule has 1 aromatic rings. The van der Waals surface area contributed by atoms with E-state index in [1.807, 2.05) is 5.38 Å². The Morgan fingerprint density at radius 3 is 2.65 bits per heavy atom. The second-order valence-electron chi connectivity index (χ2n) is 6.73. The molecular weight excluding hydrogens is 312 g/mol. The van der Waals surface area contributed by atoms with Crippen LogP contribution in [0.2, 0.25) is 0 Å². The number of rotatable bonds is 2. The lowest BCUT2D eigenvalue weighted by Crippen LogP contribution is -2.47. The van der Waals surface area contributed by atoms with Crippen molar-refractivity contribution in [3.63, 3.8) is 0 Å². The molecule has 1 N–H and O–H groups in total. The van der Waals surface area contributed by atoms with Crippen LogP contribution in [-0.2, 0) is 16.1 Å². The van der Waals surface area contributed by atoms with Gasteiger partial charge in [-0.3, -0.25) is 19.7 Å². The van der Waals surface area contributed by atoms with Gasteiger partial charge in [-0.05, 0) is 37.2 Å². The molecule has 1 unspecified atom stereocenters. The summed E-state index contributed by atoms with van der Waals surface area (Å²) in [6, 6.07) is -0.511. The number of thiophene rings is 1. The number of amides is 3. The monoisotopic (exact) mass is 332 g/mol. The number of nitrogens with zero attached hydrogens (tertiary/aromatic N) is 1. The second-order valence-corrected chi connectivity index (χ2v) is 7.64. The third-order valence-corrected chi connectivity index (χ3v) is 6.48. The molecule has 1 saturated heterocycles. The summed E-state index contributed by atoms with van der Waals surface area (Å²) in [5.74, 6) is -0.0156. The van der Waals surface area contributed by atoms with Crippen molar-refractivity contribution < 1.29 is 14.4 Å². The zero-order chi connectivity index (χ0) is 16.0. The lowest BCUT2D eigenvalue weighted by molar-refractivity contribution is -0.132. The van der Waals surface area contributed by atoms with Crippen LogP contribution < -0.4 is 5.32 Å². The molecule has 1 atom stereocenters. The van der Waals surface area contributed by atoms with Gasteiger partial charge in [0.15, 0.2) is 0 Å². The fraction of sp³-hybridized carbons (Fsp3) is 0.588. The molecule has 4 rings (SSSR count). The summed E-state index contributed by atoms with van der Waals surface area (Å²) < 4.78 is 0. The van der Waals surface area contributed by atoms with Gasteiger partial charge in [0.05, 0.1) is 5.56 Å². The molecule has 1 aliphatic carbocycles. The van der Waals surface area contributed by atoms with Crippen LogP contribution in [-0.4, -0.2) is 28.7 Å². The maximum Gasteiger partial charge on any atom is 0.256 e. The highest BCUT2D eigenvalue weighted by Gasteiger charge is 2.40. The number of fused-ring (bicyclic) bond motifs is 1. The number of hydrogen-bond donors (Lipinski definition) is 1. The first-order valence-electron chi connectivity index (χ1n) is 8.40. The van der Waals surface area contributed by atoms with E-state index in [9.17, 15) is 14.4 Å². The van der Waals surface area contributed by atoms with E-state index in [1.54, 1.807) is 16.2 Å². The molecule has 6 heteroatoms. The molecular formula is C17H20N2O3S. The van der Waals surface area contributed by atoms with Gasteiger partial charge in [-0.2, -0.15) is 0 Å². The Labute approximate surface area is 139 Å². The van der Waals surface area contributed by atoms with Crippen LogP contribution in [0.25, 0.3) is 0 Å². The predicted octanol–water partition coefficient (Wildman–Crippen LogP) is 2.56. The molecule has 0 spiro atoms. The van der Waals surface area contributed by atoms with Crippen LogP contribution in [0, 0.1) is 0 Å². The molecule has 1 saturated carbocycles. The van der Waals surface area contributed by atoms with E-state index in [0.717, 1.165) is 11.1 Å². The van der Waals surface area contributed by atoms with Crippen molar-refractivity contribution in [2.45, 2.75) is 63.5 Å². The normalized spacial score (nSPS) is 25.7. The maximum absolute atomic E-state index is 12.7. The van der Waals surface area contributed by atoms with E-state index >= 15 is 0 Å². The number of carbonyl (C=O) groups is 3. The Hall–Kier alpha value is -1.69. The van der Waals surface area contributed by atoms with Gasteiger partial charge in [-0.25, -0.2) is 0 Å². The first kappa shape index (κ1) is 14.9. The van der Waals surface area contributed by atoms with Gasteiger partial charge < -0.3 is 4.90 Å². The first-order valence-corrected chi connectivity index (χ1v) is 9.28. The molecule has 0 radical (unpaired) electrons. The van der Waals surface area contributed by atoms with E-state index in [1.165, 1.54) is 30.6 Å². The van der Waals surface area contributed by atoms with E-state index in [0.29, 0.717) is 31.7 Å². The maximum atomic E-state index is 12.7. The summed E-state index contributed by atoms with van der Waals surface area (Å²) in [7, 11) is 0. The van der Waals surface area contributed by atoms with Gasteiger partial charge in [0.1, 0.15) is 6.04 Å². The van der Waals surface area contributed by atoms with Crippen LogP contribution in [0.5, 0.6) is 0 Å². The SMILES string of the molecule is O=C1CCCC(N2Cc3c(csc3C3CCCC3)C2=O)C(=O)N1. The molecule has 23 heavy (non-hydrogen) atoms. The summed E-state index contributed by atoms with van der Waals surface area (Å²) in [6.07, 6.45) is 6.52. The zero-order valence-electron chi connectivity index (χ0n) is 13.0. The third-order valence-electron chi connectivity index (χ3n) is 5.29. The second kappa shape index (κ2) is 5.74. The number of nitrogens with one attached hydrogen (secondary N) is 1. The fourth-order valence-electron chi connectivity index (χ4n) is 4.09. The minimum absolute atomic E-state index is 0.0463. The van der Waals surface area contributed by atoms with Gasteiger partial charge >= 0.3 is 0 Å². The summed E-state index contributed by atoms with van der Waals surface area (Å²) in [5, 5.41) is 4.37. The Morgan fingerprint density at radius 1 is 1.09 bits per heavy atom. The topological polar surface area (TPSA) is 66.5 Å². The van der Waals surface area contributed by atoms with Gasteiger partial charge in [0.25, 0.3) is 5.91 Å². The van der Waals surface area contributed by atoms with Crippen molar-refractivity contribution in [3.8, 4) is 0 Å². The lowest BCUT2D eigenvalue weighted by atomic mass is 10.0. The fourth-order valence-corrected chi connectivity index (χ4v) is 5.32. The van der Waals surface area contributed by atoms with Gasteiger partial charge in [0, 0.05) is 23.2 Å². The lowest BCUT2D eigenvalue weighted by Gasteiger charge is -2.25. The van der Waals surface area contributed by atoms with Crippen molar-refractivity contribution in [2.24, 2.45) is 0 Å². The van der Waals surface area contributed by atoms with Crippen molar-refractivity contribution in [1.29, 1.82) is 0 Å². The average molecular weight is 332 g/mol. The Morgan fingerprint density at radius 2 is 1.87 bits per heavy atom. The van der Waals surface area contributed by atoms with Crippen LogP contribution in [0.1, 0.15) is 71.7 Å². The smallest absolute Gasteiger partial charge is 0.256 e. The standard InChI is InChI=1S/C17H20N2O3S/c20-14-7-3-6-13(16(21)18-14)19-8-11-12(17(19)22)9-23-15(11)10-4-1-2-5-10/h9-10,13H,1-8H2,(H,18,20,21). The largest absolute Gasteiger partial charge is 0.322 e. The Kier molecular flexibility index (Phi) is 3.71. The van der Waals surface area contributed by atoms with Crippen LogP contribution in [0.15, 0.2) is 5.38 Å². The summed E-state index contributed by atoms with van der Waals surface area (Å²) in [5.41, 5.74) is 1.91. The highest BCUT2D eigenvalue weighted by molar-refractivity contribution is 7.10. The first-order chi connectivity index (χ1) is 11.1. The molecule has 2 aliphatic heterocycles. The quantitative estimate of drug-likeness (QED) is 0.847. The van der Waals surface area contributed by atoms with Crippen molar-refractivity contribution >= 4 is 29.1 Å². The van der Waals surface area contributed by atoms with Gasteiger partial charge in [-0.15, -0.1) is 11.3 Å². The van der Waals surface area contributed by atoms with Crippen molar-refractivity contribution in [1.82, 2.24) is 10.2 Å². The summed E-state index contributed by atoms with van der Waals surface area (Å²) in [6.45, 7) is 0.524. The van der Waals surface area contributed by atoms with E-state index in [2.05, 4.69) is 5.32 Å². The molecule has 122 valence electrons. The van der Waals surface area contributed by atoms with E-state index in [-0.39, 0.29) is 17.7 Å². The molecule has 0 bridgehead atoms. The van der Waals surface area contributed by atoms with Crippen molar-refractivity contribution in [3.05, 3.63) is 21.4 Å². The van der Waals surface area contributed by atoms with E-state index < -0.39 is 6.04 Å². The number of hydrogen-bond acceptors (Lipinski definition) is 4. The molecule has 3 heterocycles. The minimum Gasteiger partial charge on any atom is -0.322 e. The summed E-state index contributed by atoms with van der Waals surface area (Å²) >= 11 is 1.70. The minimum atomic E-state index is -0.511. The van der Waals surface area contributed by atoms with E-state index in [4.69, 9.17) is 0 Å². The molecule has 1 aromatic heterocycles. The third kappa shape index (κ3) is 2.49. The number of carbonyl (C=O) groups excluding carboxylic acids is 3. The Balaban J connectivity index is 1.59. The highest BCUT2D eigenvalue weighted by Crippen LogP contribution is 2.43. The summed E-state index contributed by atoms with van der Waals surface area (Å²) in [4.78, 5) is 39.5. The number of imide groups is 1. The van der Waals surface area contributed by atoms with Crippen LogP contribution in [0.4, 0.5) is 0 Å².